The van der Waals surface area contributed by atoms with E-state index in [4.69, 9.17) is 4.42 Å². The van der Waals surface area contributed by atoms with Crippen molar-refractivity contribution in [3.05, 3.63) is 93.4 Å². The fraction of sp³-hybridized carbons (Fsp3) is 0.240. The molecule has 6 nitrogen and oxygen atoms in total. The van der Waals surface area contributed by atoms with Crippen LogP contribution in [0.3, 0.4) is 0 Å². The minimum absolute atomic E-state index is 0.168. The van der Waals surface area contributed by atoms with Gasteiger partial charge in [0.05, 0.1) is 13.1 Å². The second-order valence-corrected chi connectivity index (χ2v) is 8.34. The molecule has 2 aliphatic rings. The van der Waals surface area contributed by atoms with Gasteiger partial charge in [0.1, 0.15) is 11.5 Å². The SMILES string of the molecule is CN(C)Cc1cc2c(o1)CN(C(=O)c1ccc3c(c1)C(=O)c1ccccc1C3=O)CC2. The first-order valence-corrected chi connectivity index (χ1v) is 10.3. The van der Waals surface area contributed by atoms with Gasteiger partial charge in [-0.25, -0.2) is 0 Å². The highest BCUT2D eigenvalue weighted by Gasteiger charge is 2.31. The molecule has 2 heterocycles. The van der Waals surface area contributed by atoms with Gasteiger partial charge in [-0.1, -0.05) is 24.3 Å². The molecule has 1 aromatic heterocycles. The average molecular weight is 414 g/mol. The third-order valence-corrected chi connectivity index (χ3v) is 5.86. The Kier molecular flexibility index (Phi) is 4.59. The van der Waals surface area contributed by atoms with Crippen LogP contribution in [0.4, 0.5) is 0 Å². The van der Waals surface area contributed by atoms with Crippen molar-refractivity contribution in [2.45, 2.75) is 19.5 Å². The molecule has 0 radical (unpaired) electrons. The van der Waals surface area contributed by atoms with Gasteiger partial charge in [-0.2, -0.15) is 0 Å². The van der Waals surface area contributed by atoms with Crippen LogP contribution in [0.5, 0.6) is 0 Å². The summed E-state index contributed by atoms with van der Waals surface area (Å²) in [5, 5.41) is 0. The largest absolute Gasteiger partial charge is 0.463 e. The van der Waals surface area contributed by atoms with Crippen LogP contribution in [-0.4, -0.2) is 47.9 Å². The van der Waals surface area contributed by atoms with Crippen molar-refractivity contribution in [1.82, 2.24) is 9.80 Å². The number of rotatable bonds is 3. The van der Waals surface area contributed by atoms with Gasteiger partial charge in [-0.05, 0) is 50.3 Å². The molecule has 0 unspecified atom stereocenters. The van der Waals surface area contributed by atoms with Crippen molar-refractivity contribution in [3.8, 4) is 0 Å². The quantitative estimate of drug-likeness (QED) is 0.514. The Labute approximate surface area is 180 Å². The van der Waals surface area contributed by atoms with Crippen LogP contribution in [0.2, 0.25) is 0 Å². The minimum atomic E-state index is -0.222. The molecule has 0 bridgehead atoms. The summed E-state index contributed by atoms with van der Waals surface area (Å²) in [7, 11) is 3.97. The first-order chi connectivity index (χ1) is 14.9. The number of furan rings is 1. The Balaban J connectivity index is 1.42. The van der Waals surface area contributed by atoms with Gasteiger partial charge in [0.15, 0.2) is 11.6 Å². The zero-order valence-electron chi connectivity index (χ0n) is 17.5. The molecule has 0 saturated heterocycles. The number of benzene rings is 2. The molecule has 0 saturated carbocycles. The summed E-state index contributed by atoms with van der Waals surface area (Å²) in [4.78, 5) is 42.7. The predicted octanol–water partition coefficient (Wildman–Crippen LogP) is 3.32. The normalized spacial score (nSPS) is 15.0. The van der Waals surface area contributed by atoms with Gasteiger partial charge in [-0.3, -0.25) is 14.4 Å². The summed E-state index contributed by atoms with van der Waals surface area (Å²) < 4.78 is 5.96. The summed E-state index contributed by atoms with van der Waals surface area (Å²) in [6.45, 7) is 1.69. The fourth-order valence-corrected chi connectivity index (χ4v) is 4.36. The monoisotopic (exact) mass is 414 g/mol. The van der Waals surface area contributed by atoms with E-state index in [0.29, 0.717) is 47.5 Å². The van der Waals surface area contributed by atoms with E-state index in [2.05, 4.69) is 6.07 Å². The number of carbonyl (C=O) groups excluding carboxylic acids is 3. The number of fused-ring (bicyclic) bond motifs is 3. The van der Waals surface area contributed by atoms with Gasteiger partial charge in [-0.15, -0.1) is 0 Å². The molecule has 156 valence electrons. The number of hydrogen-bond acceptors (Lipinski definition) is 5. The van der Waals surface area contributed by atoms with Gasteiger partial charge in [0.25, 0.3) is 5.91 Å². The van der Waals surface area contributed by atoms with Crippen LogP contribution in [0.25, 0.3) is 0 Å². The summed E-state index contributed by atoms with van der Waals surface area (Å²) in [5.74, 6) is 1.13. The molecule has 3 aromatic rings. The fourth-order valence-electron chi connectivity index (χ4n) is 4.36. The molecule has 0 spiro atoms. The molecule has 31 heavy (non-hydrogen) atoms. The van der Waals surface area contributed by atoms with E-state index in [0.717, 1.165) is 23.5 Å². The predicted molar refractivity (Wildman–Crippen MR) is 114 cm³/mol. The van der Waals surface area contributed by atoms with E-state index < -0.39 is 0 Å². The lowest BCUT2D eigenvalue weighted by atomic mass is 9.83. The topological polar surface area (TPSA) is 70.8 Å². The Hall–Kier alpha value is -3.51. The highest BCUT2D eigenvalue weighted by molar-refractivity contribution is 6.28. The molecule has 6 heteroatoms. The molecule has 1 aliphatic heterocycles. The summed E-state index contributed by atoms with van der Waals surface area (Å²) in [6, 6.07) is 13.7. The van der Waals surface area contributed by atoms with Crippen LogP contribution < -0.4 is 0 Å². The summed E-state index contributed by atoms with van der Waals surface area (Å²) in [6.07, 6.45) is 0.730. The lowest BCUT2D eigenvalue weighted by Gasteiger charge is -2.26. The van der Waals surface area contributed by atoms with Crippen molar-refractivity contribution in [2.24, 2.45) is 0 Å². The minimum Gasteiger partial charge on any atom is -0.463 e. The number of amides is 1. The maximum Gasteiger partial charge on any atom is 0.254 e. The van der Waals surface area contributed by atoms with E-state index in [1.54, 1.807) is 47.4 Å². The third kappa shape index (κ3) is 3.29. The molecule has 0 N–H and O–H groups in total. The Morgan fingerprint density at radius 1 is 0.968 bits per heavy atom. The van der Waals surface area contributed by atoms with Gasteiger partial charge >= 0.3 is 0 Å². The van der Waals surface area contributed by atoms with Crippen LogP contribution in [0.1, 0.15) is 59.3 Å². The molecule has 0 fully saturated rings. The average Bonchev–Trinajstić information content (AvgIpc) is 3.17. The summed E-state index contributed by atoms with van der Waals surface area (Å²) >= 11 is 0. The molecule has 2 aromatic carbocycles. The Bertz CT molecular complexity index is 1240. The number of ketones is 2. The highest BCUT2D eigenvalue weighted by atomic mass is 16.3. The Morgan fingerprint density at radius 3 is 2.35 bits per heavy atom. The van der Waals surface area contributed by atoms with Crippen molar-refractivity contribution >= 4 is 17.5 Å². The lowest BCUT2D eigenvalue weighted by molar-refractivity contribution is 0.0718. The zero-order chi connectivity index (χ0) is 21.7. The second-order valence-electron chi connectivity index (χ2n) is 8.34. The number of carbonyl (C=O) groups is 3. The van der Waals surface area contributed by atoms with E-state index in [1.807, 2.05) is 19.0 Å². The van der Waals surface area contributed by atoms with E-state index in [1.165, 1.54) is 0 Å². The maximum absolute atomic E-state index is 13.2. The van der Waals surface area contributed by atoms with E-state index in [-0.39, 0.29) is 17.5 Å². The zero-order valence-corrected chi connectivity index (χ0v) is 17.5. The summed E-state index contributed by atoms with van der Waals surface area (Å²) in [5.41, 5.74) is 2.98. The molecule has 5 rings (SSSR count). The van der Waals surface area contributed by atoms with E-state index >= 15 is 0 Å². The number of hydrogen-bond donors (Lipinski definition) is 0. The molecule has 0 atom stereocenters. The molecular weight excluding hydrogens is 392 g/mol. The van der Waals surface area contributed by atoms with Crippen molar-refractivity contribution in [2.75, 3.05) is 20.6 Å². The molecule has 1 amide bonds. The smallest absolute Gasteiger partial charge is 0.254 e. The second kappa shape index (κ2) is 7.32. The van der Waals surface area contributed by atoms with Crippen LogP contribution in [0, 0.1) is 0 Å². The third-order valence-electron chi connectivity index (χ3n) is 5.86. The standard InChI is InChI=1S/C25H22N2O4/c1-26(2)13-17-11-15-9-10-27(14-22(15)31-17)25(30)16-7-8-20-21(12-16)24(29)19-6-4-3-5-18(19)23(20)28/h3-8,11-12H,9-10,13-14H2,1-2H3. The van der Waals surface area contributed by atoms with E-state index in [9.17, 15) is 14.4 Å². The van der Waals surface area contributed by atoms with Gasteiger partial charge < -0.3 is 14.2 Å². The van der Waals surface area contributed by atoms with Gasteiger partial charge in [0, 0.05) is 34.4 Å². The first-order valence-electron chi connectivity index (χ1n) is 10.3. The lowest BCUT2D eigenvalue weighted by Crippen LogP contribution is -2.35. The van der Waals surface area contributed by atoms with Crippen molar-refractivity contribution in [3.63, 3.8) is 0 Å². The first kappa shape index (κ1) is 19.5. The molecule has 1 aliphatic carbocycles. The van der Waals surface area contributed by atoms with Crippen LogP contribution in [0.15, 0.2) is 52.9 Å². The molecular formula is C25H22N2O4. The van der Waals surface area contributed by atoms with Crippen molar-refractivity contribution in [1.29, 1.82) is 0 Å². The van der Waals surface area contributed by atoms with Crippen LogP contribution in [-0.2, 0) is 19.5 Å². The van der Waals surface area contributed by atoms with Crippen LogP contribution >= 0.6 is 0 Å². The van der Waals surface area contributed by atoms with Crippen molar-refractivity contribution < 1.29 is 18.8 Å². The highest BCUT2D eigenvalue weighted by Crippen LogP contribution is 2.29. The maximum atomic E-state index is 13.2. The number of nitrogens with zero attached hydrogens (tertiary/aromatic N) is 2. The van der Waals surface area contributed by atoms with Gasteiger partial charge in [0.2, 0.25) is 0 Å². The Morgan fingerprint density at radius 2 is 1.65 bits per heavy atom.